The molecule has 0 saturated heterocycles. The van der Waals surface area contributed by atoms with Gasteiger partial charge in [-0.2, -0.15) is 0 Å². The van der Waals surface area contributed by atoms with Crippen LogP contribution in [0.1, 0.15) is 78.0 Å². The maximum atomic E-state index is 12.8. The second-order valence-electron chi connectivity index (χ2n) is 13.9. The third kappa shape index (κ3) is 4.19. The van der Waals surface area contributed by atoms with Crippen molar-refractivity contribution in [2.24, 2.45) is 33.5 Å². The van der Waals surface area contributed by atoms with Gasteiger partial charge in [0.1, 0.15) is 0 Å². The Morgan fingerprint density at radius 1 is 0.919 bits per heavy atom. The maximum Gasteiger partial charge on any atom is 0.228 e. The van der Waals surface area contributed by atoms with Crippen LogP contribution in [0.15, 0.2) is 36.4 Å². The number of fused-ring (bicyclic) bond motifs is 1. The average molecular weight is 522 g/mol. The fraction of sp³-hybridized carbons (Fsp3) is 0.594. The fourth-order valence-electron chi connectivity index (χ4n) is 7.54. The Balaban J connectivity index is 1.29. The van der Waals surface area contributed by atoms with Crippen LogP contribution in [0.2, 0.25) is 5.02 Å². The molecule has 5 rings (SSSR count). The zero-order chi connectivity index (χ0) is 27.0. The summed E-state index contributed by atoms with van der Waals surface area (Å²) in [6.07, 6.45) is 0.973. The van der Waals surface area contributed by atoms with Crippen molar-refractivity contribution in [3.63, 3.8) is 0 Å². The summed E-state index contributed by atoms with van der Waals surface area (Å²) in [6.45, 7) is 21.0. The van der Waals surface area contributed by atoms with Gasteiger partial charge in [-0.1, -0.05) is 85.2 Å². The largest absolute Gasteiger partial charge is 0.380 e. The van der Waals surface area contributed by atoms with Gasteiger partial charge in [0.2, 0.25) is 5.91 Å². The van der Waals surface area contributed by atoms with Gasteiger partial charge in [0.15, 0.2) is 0 Å². The van der Waals surface area contributed by atoms with E-state index in [1.165, 1.54) is 11.1 Å². The highest BCUT2D eigenvalue weighted by Gasteiger charge is 2.68. The number of carbonyl (C=O) groups excluding carboxylic acids is 1. The number of hydrogen-bond donors (Lipinski definition) is 3. The molecule has 2 aromatic carbocycles. The van der Waals surface area contributed by atoms with E-state index in [2.05, 4.69) is 95.6 Å². The highest BCUT2D eigenvalue weighted by molar-refractivity contribution is 6.33. The van der Waals surface area contributed by atoms with E-state index < -0.39 is 0 Å². The van der Waals surface area contributed by atoms with E-state index in [4.69, 9.17) is 11.6 Å². The summed E-state index contributed by atoms with van der Waals surface area (Å²) in [5.41, 5.74) is 6.62. The van der Waals surface area contributed by atoms with Crippen molar-refractivity contribution >= 4 is 28.9 Å². The Morgan fingerprint density at radius 2 is 1.54 bits per heavy atom. The Labute approximate surface area is 228 Å². The molecule has 1 aliphatic heterocycles. The van der Waals surface area contributed by atoms with E-state index in [0.29, 0.717) is 29.2 Å². The van der Waals surface area contributed by atoms with Crippen LogP contribution in [0.5, 0.6) is 0 Å². The van der Waals surface area contributed by atoms with Crippen LogP contribution in [0.25, 0.3) is 0 Å². The predicted molar refractivity (Wildman–Crippen MR) is 155 cm³/mol. The van der Waals surface area contributed by atoms with Gasteiger partial charge in [0.05, 0.1) is 10.7 Å². The number of amides is 1. The van der Waals surface area contributed by atoms with Crippen molar-refractivity contribution in [2.75, 3.05) is 23.7 Å². The van der Waals surface area contributed by atoms with Crippen LogP contribution in [0.4, 0.5) is 11.4 Å². The molecular formula is C32H44ClN3O. The smallest absolute Gasteiger partial charge is 0.228 e. The number of anilines is 2. The molecular weight excluding hydrogens is 478 g/mol. The van der Waals surface area contributed by atoms with Crippen LogP contribution in [-0.4, -0.2) is 19.0 Å². The number of hydrogen-bond acceptors (Lipinski definition) is 3. The summed E-state index contributed by atoms with van der Waals surface area (Å²) in [4.78, 5) is 12.8. The molecule has 1 heterocycles. The first kappa shape index (κ1) is 26.6. The van der Waals surface area contributed by atoms with Crippen LogP contribution in [0.3, 0.4) is 0 Å². The molecule has 2 aliphatic carbocycles. The van der Waals surface area contributed by atoms with Crippen LogP contribution in [-0.2, 0) is 17.8 Å². The minimum absolute atomic E-state index is 0.0352. The Kier molecular flexibility index (Phi) is 6.28. The first-order valence-electron chi connectivity index (χ1n) is 13.9. The molecule has 2 aromatic rings. The standard InChI is InChI=1S/C32H44ClN3O/c1-29(2)26(30(29,3)4)23-18-34-16-15-22-21(23)13-14-24(33)25(22)35-17-19-9-11-20(12-10-19)36-28(37)27-31(5,6)32(27,7)8/h9-14,23,26-27,34-35H,15-18H2,1-8H3,(H,36,37). The van der Waals surface area contributed by atoms with Gasteiger partial charge < -0.3 is 16.0 Å². The Hall–Kier alpha value is -2.04. The van der Waals surface area contributed by atoms with Crippen molar-refractivity contribution in [1.82, 2.24) is 5.32 Å². The predicted octanol–water partition coefficient (Wildman–Crippen LogP) is 7.48. The quantitative estimate of drug-likeness (QED) is 0.369. The highest BCUT2D eigenvalue weighted by Crippen LogP contribution is 2.73. The Bertz CT molecular complexity index is 1180. The lowest BCUT2D eigenvalue weighted by Gasteiger charge is -2.23. The Morgan fingerprint density at radius 3 is 2.11 bits per heavy atom. The number of rotatable bonds is 6. The molecule has 2 fully saturated rings. The molecule has 1 unspecified atom stereocenters. The molecule has 200 valence electrons. The van der Waals surface area contributed by atoms with Gasteiger partial charge in [-0.3, -0.25) is 4.79 Å². The number of nitrogens with one attached hydrogen (secondary N) is 3. The minimum atomic E-state index is 0.0352. The summed E-state index contributed by atoms with van der Waals surface area (Å²) < 4.78 is 0. The third-order valence-electron chi connectivity index (χ3n) is 11.1. The SMILES string of the molecule is CC1(C)C(C(=O)Nc2ccc(CNc3c(Cl)ccc4c3CCNCC4C3C(C)(C)C3(C)C)cc2)C1(C)C. The molecule has 4 nitrogen and oxygen atoms in total. The van der Waals surface area contributed by atoms with E-state index in [-0.39, 0.29) is 22.7 Å². The summed E-state index contributed by atoms with van der Waals surface area (Å²) >= 11 is 6.77. The van der Waals surface area contributed by atoms with Crippen molar-refractivity contribution in [1.29, 1.82) is 0 Å². The van der Waals surface area contributed by atoms with E-state index >= 15 is 0 Å². The van der Waals surface area contributed by atoms with E-state index in [9.17, 15) is 4.79 Å². The lowest BCUT2D eigenvalue weighted by atomic mass is 9.85. The van der Waals surface area contributed by atoms with Gasteiger partial charge in [0.25, 0.3) is 0 Å². The van der Waals surface area contributed by atoms with Crippen LogP contribution < -0.4 is 16.0 Å². The average Bonchev–Trinajstić information content (AvgIpc) is 3.48. The third-order valence-corrected chi connectivity index (χ3v) is 11.4. The van der Waals surface area contributed by atoms with Gasteiger partial charge in [0, 0.05) is 30.6 Å². The van der Waals surface area contributed by atoms with Gasteiger partial charge in [-0.25, -0.2) is 0 Å². The summed E-state index contributed by atoms with van der Waals surface area (Å²) in [5.74, 6) is 1.30. The molecule has 5 heteroatoms. The second-order valence-corrected chi connectivity index (χ2v) is 14.3. The monoisotopic (exact) mass is 521 g/mol. The number of halogens is 1. The topological polar surface area (TPSA) is 53.2 Å². The molecule has 1 atom stereocenters. The number of benzene rings is 2. The molecule has 0 radical (unpaired) electrons. The maximum absolute atomic E-state index is 12.8. The summed E-state index contributed by atoms with van der Waals surface area (Å²) in [5, 5.41) is 11.3. The lowest BCUT2D eigenvalue weighted by Crippen LogP contribution is -2.23. The molecule has 1 amide bonds. The molecule has 0 bridgehead atoms. The van der Waals surface area contributed by atoms with Crippen molar-refractivity contribution in [3.8, 4) is 0 Å². The summed E-state index contributed by atoms with van der Waals surface area (Å²) in [7, 11) is 0. The molecule has 3 aliphatic rings. The minimum Gasteiger partial charge on any atom is -0.380 e. The molecule has 3 N–H and O–H groups in total. The van der Waals surface area contributed by atoms with E-state index in [1.54, 1.807) is 0 Å². The number of carbonyl (C=O) groups is 1. The molecule has 2 saturated carbocycles. The van der Waals surface area contributed by atoms with Crippen LogP contribution in [0, 0.1) is 33.5 Å². The zero-order valence-electron chi connectivity index (χ0n) is 23.8. The van der Waals surface area contributed by atoms with E-state index in [0.717, 1.165) is 41.5 Å². The van der Waals surface area contributed by atoms with Gasteiger partial charge in [-0.05, 0) is 75.4 Å². The van der Waals surface area contributed by atoms with Crippen molar-refractivity contribution in [2.45, 2.75) is 74.3 Å². The molecule has 0 aromatic heterocycles. The molecule has 37 heavy (non-hydrogen) atoms. The first-order chi connectivity index (χ1) is 17.2. The van der Waals surface area contributed by atoms with Crippen LogP contribution >= 0.6 is 11.6 Å². The normalized spacial score (nSPS) is 25.1. The zero-order valence-corrected chi connectivity index (χ0v) is 24.6. The van der Waals surface area contributed by atoms with Gasteiger partial charge in [-0.15, -0.1) is 0 Å². The molecule has 0 spiro atoms. The highest BCUT2D eigenvalue weighted by atomic mass is 35.5. The van der Waals surface area contributed by atoms with Gasteiger partial charge >= 0.3 is 0 Å². The van der Waals surface area contributed by atoms with Crippen molar-refractivity contribution in [3.05, 3.63) is 58.1 Å². The summed E-state index contributed by atoms with van der Waals surface area (Å²) in [6, 6.07) is 12.5. The van der Waals surface area contributed by atoms with Crippen molar-refractivity contribution < 1.29 is 4.79 Å². The first-order valence-corrected chi connectivity index (χ1v) is 14.2. The van der Waals surface area contributed by atoms with E-state index in [1.807, 2.05) is 12.1 Å². The fourth-order valence-corrected chi connectivity index (χ4v) is 7.78. The lowest BCUT2D eigenvalue weighted by molar-refractivity contribution is -0.118. The second kappa shape index (κ2) is 8.74.